The number of furan rings is 1. The number of benzene rings is 7. The predicted molar refractivity (Wildman–Crippen MR) is 169 cm³/mol. The Hall–Kier alpha value is -5.34. The Bertz CT molecular complexity index is 2160. The molecule has 0 bridgehead atoms. The summed E-state index contributed by atoms with van der Waals surface area (Å²) in [6, 6.07) is 53.7. The van der Waals surface area contributed by atoms with Crippen LogP contribution in [0.2, 0.25) is 0 Å². The molecule has 0 aliphatic carbocycles. The number of rotatable bonds is 4. The Morgan fingerprint density at radius 3 is 1.93 bits per heavy atom. The van der Waals surface area contributed by atoms with Crippen LogP contribution in [0.4, 0.5) is 17.1 Å². The maximum Gasteiger partial charge on any atom is 0.145 e. The van der Waals surface area contributed by atoms with Crippen molar-refractivity contribution in [3.05, 3.63) is 152 Å². The zero-order chi connectivity index (χ0) is 26.5. The van der Waals surface area contributed by atoms with E-state index in [9.17, 15) is 0 Å². The van der Waals surface area contributed by atoms with Gasteiger partial charge < -0.3 is 9.32 Å². The van der Waals surface area contributed by atoms with Crippen LogP contribution in [0.5, 0.6) is 0 Å². The minimum absolute atomic E-state index is 0.888. The molecule has 40 heavy (non-hydrogen) atoms. The van der Waals surface area contributed by atoms with Crippen LogP contribution in [0, 0.1) is 0 Å². The molecule has 0 fully saturated rings. The Labute approximate surface area is 232 Å². The highest BCUT2D eigenvalue weighted by molar-refractivity contribution is 6.20. The molecule has 8 aromatic rings. The number of hydrogen-bond acceptors (Lipinski definition) is 2. The molecule has 7 aromatic carbocycles. The Morgan fingerprint density at radius 2 is 1.07 bits per heavy atom. The quantitative estimate of drug-likeness (QED) is 0.218. The lowest BCUT2D eigenvalue weighted by molar-refractivity contribution is 0.670. The second-order valence-electron chi connectivity index (χ2n) is 10.1. The molecule has 8 rings (SSSR count). The molecule has 188 valence electrons. The fourth-order valence-corrected chi connectivity index (χ4v) is 6.05. The molecule has 0 atom stereocenters. The highest BCUT2D eigenvalue weighted by Crippen LogP contribution is 2.48. The van der Waals surface area contributed by atoms with E-state index in [2.05, 4.69) is 150 Å². The van der Waals surface area contributed by atoms with Crippen LogP contribution in [-0.2, 0) is 0 Å². The summed E-state index contributed by atoms with van der Waals surface area (Å²) in [6.07, 6.45) is 0. The summed E-state index contributed by atoms with van der Waals surface area (Å²) in [5.74, 6) is 0. The predicted octanol–water partition coefficient (Wildman–Crippen LogP) is 11.0. The molecule has 0 unspecified atom stereocenters. The van der Waals surface area contributed by atoms with Crippen molar-refractivity contribution in [3.63, 3.8) is 0 Å². The van der Waals surface area contributed by atoms with Crippen molar-refractivity contribution in [2.45, 2.75) is 0 Å². The van der Waals surface area contributed by atoms with Gasteiger partial charge in [0.25, 0.3) is 0 Å². The van der Waals surface area contributed by atoms with Gasteiger partial charge in [-0.05, 0) is 58.1 Å². The fourth-order valence-electron chi connectivity index (χ4n) is 6.05. The van der Waals surface area contributed by atoms with Gasteiger partial charge in [0, 0.05) is 22.0 Å². The summed E-state index contributed by atoms with van der Waals surface area (Å²) in [4.78, 5) is 2.40. The topological polar surface area (TPSA) is 16.4 Å². The van der Waals surface area contributed by atoms with E-state index in [1.807, 2.05) is 6.07 Å². The van der Waals surface area contributed by atoms with E-state index in [-0.39, 0.29) is 0 Å². The molecular weight excluding hydrogens is 486 g/mol. The lowest BCUT2D eigenvalue weighted by Crippen LogP contribution is -2.11. The van der Waals surface area contributed by atoms with E-state index in [4.69, 9.17) is 4.42 Å². The van der Waals surface area contributed by atoms with Crippen LogP contribution in [0.1, 0.15) is 0 Å². The van der Waals surface area contributed by atoms with Gasteiger partial charge in [-0.3, -0.25) is 0 Å². The molecule has 2 nitrogen and oxygen atoms in total. The first kappa shape index (κ1) is 22.6. The summed E-state index contributed by atoms with van der Waals surface area (Å²) in [6.45, 7) is 0. The standard InChI is InChI=1S/C38H25NO/c1-3-12-26(13-4-1)31-24-25-34(37-32-19-9-10-21-35(32)40-38(31)37)39(29-16-5-2-6-17-29)33-20-11-15-28-23-22-27-14-7-8-18-30(27)36(28)33/h1-25H. The van der Waals surface area contributed by atoms with Crippen LogP contribution in [0.25, 0.3) is 54.6 Å². The molecule has 0 aliphatic rings. The van der Waals surface area contributed by atoms with Crippen molar-refractivity contribution in [2.75, 3.05) is 4.90 Å². The average Bonchev–Trinajstić information content (AvgIpc) is 3.42. The zero-order valence-electron chi connectivity index (χ0n) is 21.8. The summed E-state index contributed by atoms with van der Waals surface area (Å²) < 4.78 is 6.63. The molecular formula is C38H25NO. The van der Waals surface area contributed by atoms with Gasteiger partial charge in [-0.1, -0.05) is 115 Å². The molecule has 1 heterocycles. The second-order valence-corrected chi connectivity index (χ2v) is 10.1. The number of hydrogen-bond donors (Lipinski definition) is 0. The first-order valence-corrected chi connectivity index (χ1v) is 13.6. The van der Waals surface area contributed by atoms with Crippen LogP contribution < -0.4 is 4.90 Å². The lowest BCUT2D eigenvalue weighted by atomic mass is 9.97. The van der Waals surface area contributed by atoms with Gasteiger partial charge in [0.2, 0.25) is 0 Å². The van der Waals surface area contributed by atoms with Crippen molar-refractivity contribution in [2.24, 2.45) is 0 Å². The molecule has 0 saturated carbocycles. The highest BCUT2D eigenvalue weighted by atomic mass is 16.3. The average molecular weight is 512 g/mol. The van der Waals surface area contributed by atoms with Gasteiger partial charge in [0.1, 0.15) is 11.2 Å². The first-order valence-electron chi connectivity index (χ1n) is 13.6. The molecule has 0 amide bonds. The third kappa shape index (κ3) is 3.50. The molecule has 2 heteroatoms. The maximum absolute atomic E-state index is 6.63. The van der Waals surface area contributed by atoms with Crippen molar-refractivity contribution in [1.29, 1.82) is 0 Å². The summed E-state index contributed by atoms with van der Waals surface area (Å²) in [5.41, 5.74) is 7.34. The van der Waals surface area contributed by atoms with Crippen LogP contribution >= 0.6 is 0 Å². The van der Waals surface area contributed by atoms with E-state index in [0.717, 1.165) is 50.1 Å². The Morgan fingerprint density at radius 1 is 0.425 bits per heavy atom. The SMILES string of the molecule is c1ccc(-c2ccc(N(c3ccccc3)c3cccc4ccc5ccccc5c34)c3c2oc2ccccc23)cc1. The van der Waals surface area contributed by atoms with Crippen LogP contribution in [-0.4, -0.2) is 0 Å². The third-order valence-corrected chi connectivity index (χ3v) is 7.83. The van der Waals surface area contributed by atoms with Gasteiger partial charge in [0.15, 0.2) is 0 Å². The molecule has 0 radical (unpaired) electrons. The van der Waals surface area contributed by atoms with Crippen molar-refractivity contribution in [1.82, 2.24) is 0 Å². The highest BCUT2D eigenvalue weighted by Gasteiger charge is 2.23. The summed E-state index contributed by atoms with van der Waals surface area (Å²) in [5, 5.41) is 7.14. The monoisotopic (exact) mass is 511 g/mol. The Kier molecular flexibility index (Phi) is 5.17. The van der Waals surface area contributed by atoms with Gasteiger partial charge in [0.05, 0.1) is 16.8 Å². The van der Waals surface area contributed by atoms with Crippen molar-refractivity contribution in [3.8, 4) is 11.1 Å². The largest absolute Gasteiger partial charge is 0.455 e. The van der Waals surface area contributed by atoms with Gasteiger partial charge in [-0.25, -0.2) is 0 Å². The van der Waals surface area contributed by atoms with Crippen molar-refractivity contribution >= 4 is 60.5 Å². The second kappa shape index (κ2) is 9.14. The number of anilines is 3. The molecule has 0 N–H and O–H groups in total. The van der Waals surface area contributed by atoms with E-state index < -0.39 is 0 Å². The van der Waals surface area contributed by atoms with Gasteiger partial charge in [-0.2, -0.15) is 0 Å². The van der Waals surface area contributed by atoms with E-state index in [1.165, 1.54) is 21.5 Å². The smallest absolute Gasteiger partial charge is 0.145 e. The fraction of sp³-hybridized carbons (Fsp3) is 0. The van der Waals surface area contributed by atoms with Crippen molar-refractivity contribution < 1.29 is 4.42 Å². The summed E-state index contributed by atoms with van der Waals surface area (Å²) in [7, 11) is 0. The zero-order valence-corrected chi connectivity index (χ0v) is 21.8. The first-order chi connectivity index (χ1) is 19.9. The van der Waals surface area contributed by atoms with Gasteiger partial charge in [-0.15, -0.1) is 0 Å². The van der Waals surface area contributed by atoms with E-state index in [1.54, 1.807) is 0 Å². The normalized spacial score (nSPS) is 11.5. The minimum Gasteiger partial charge on any atom is -0.455 e. The minimum atomic E-state index is 0.888. The number of fused-ring (bicyclic) bond motifs is 6. The van der Waals surface area contributed by atoms with Gasteiger partial charge >= 0.3 is 0 Å². The molecule has 0 aliphatic heterocycles. The van der Waals surface area contributed by atoms with E-state index in [0.29, 0.717) is 0 Å². The molecule has 0 saturated heterocycles. The number of para-hydroxylation sites is 2. The molecule has 0 spiro atoms. The van der Waals surface area contributed by atoms with E-state index >= 15 is 0 Å². The van der Waals surface area contributed by atoms with Crippen LogP contribution in [0.15, 0.2) is 156 Å². The number of nitrogens with zero attached hydrogens (tertiary/aromatic N) is 1. The molecule has 1 aromatic heterocycles. The van der Waals surface area contributed by atoms with Crippen LogP contribution in [0.3, 0.4) is 0 Å². The lowest BCUT2D eigenvalue weighted by Gasteiger charge is -2.28. The summed E-state index contributed by atoms with van der Waals surface area (Å²) >= 11 is 0. The third-order valence-electron chi connectivity index (χ3n) is 7.83. The Balaban J connectivity index is 1.51. The maximum atomic E-state index is 6.63.